The lowest BCUT2D eigenvalue weighted by molar-refractivity contribution is 1.09. The number of hydrogen-bond donors (Lipinski definition) is 0. The Morgan fingerprint density at radius 3 is 1.80 bits per heavy atom. The number of para-hydroxylation sites is 2. The third-order valence-corrected chi connectivity index (χ3v) is 5.44. The predicted molar refractivity (Wildman–Crippen MR) is 122 cm³/mol. The summed E-state index contributed by atoms with van der Waals surface area (Å²) < 4.78 is 0. The summed E-state index contributed by atoms with van der Waals surface area (Å²) >= 11 is 0. The van der Waals surface area contributed by atoms with Crippen LogP contribution in [0, 0.1) is 13.1 Å². The first kappa shape index (κ1) is 17.7. The molecule has 0 bridgehead atoms. The molecule has 0 spiro atoms. The van der Waals surface area contributed by atoms with Crippen molar-refractivity contribution in [3.8, 4) is 11.1 Å². The molecule has 0 aliphatic carbocycles. The standard InChI is InChI=1S/C27H17N3/c1-28-23-15-22(16-24(18-23)29-2)19-10-7-11-25(17-19)30-26-12-5-3-8-20(26)14-21-9-4-6-13-27(21)30/h3-13,15-18H,14H2. The van der Waals surface area contributed by atoms with Gasteiger partial charge in [-0.25, -0.2) is 9.69 Å². The van der Waals surface area contributed by atoms with Crippen molar-refractivity contribution in [2.24, 2.45) is 0 Å². The number of hydrogen-bond acceptors (Lipinski definition) is 1. The van der Waals surface area contributed by atoms with Gasteiger partial charge in [0.05, 0.1) is 13.1 Å². The number of nitrogens with zero attached hydrogens (tertiary/aromatic N) is 3. The van der Waals surface area contributed by atoms with E-state index < -0.39 is 0 Å². The van der Waals surface area contributed by atoms with Gasteiger partial charge in [0, 0.05) is 23.5 Å². The Labute approximate surface area is 176 Å². The van der Waals surface area contributed by atoms with Crippen LogP contribution in [0.25, 0.3) is 20.8 Å². The topological polar surface area (TPSA) is 12.0 Å². The van der Waals surface area contributed by atoms with Crippen molar-refractivity contribution in [2.45, 2.75) is 6.42 Å². The van der Waals surface area contributed by atoms with Gasteiger partial charge in [0.1, 0.15) is 0 Å². The Morgan fingerprint density at radius 2 is 1.20 bits per heavy atom. The van der Waals surface area contributed by atoms with Gasteiger partial charge in [-0.15, -0.1) is 0 Å². The van der Waals surface area contributed by atoms with Crippen LogP contribution in [0.5, 0.6) is 0 Å². The number of fused-ring (bicyclic) bond motifs is 2. The van der Waals surface area contributed by atoms with Crippen LogP contribution in [-0.2, 0) is 6.42 Å². The van der Waals surface area contributed by atoms with Crippen molar-refractivity contribution in [2.75, 3.05) is 4.90 Å². The molecule has 0 saturated heterocycles. The van der Waals surface area contributed by atoms with E-state index >= 15 is 0 Å². The lowest BCUT2D eigenvalue weighted by Crippen LogP contribution is -2.18. The number of benzene rings is 4. The molecular weight excluding hydrogens is 366 g/mol. The van der Waals surface area contributed by atoms with Crippen LogP contribution in [-0.4, -0.2) is 0 Å². The SMILES string of the molecule is [C-]#[N+]c1cc([N+]#[C-])cc(-c2cccc(N3c4ccccc4Cc4ccccc43)c2)c1. The summed E-state index contributed by atoms with van der Waals surface area (Å²) in [6.45, 7) is 14.7. The van der Waals surface area contributed by atoms with Gasteiger partial charge in [-0.2, -0.15) is 0 Å². The zero-order valence-corrected chi connectivity index (χ0v) is 16.2. The maximum absolute atomic E-state index is 7.35. The summed E-state index contributed by atoms with van der Waals surface area (Å²) in [6, 6.07) is 30.6. The highest BCUT2D eigenvalue weighted by Crippen LogP contribution is 2.44. The van der Waals surface area contributed by atoms with Crippen LogP contribution in [0.3, 0.4) is 0 Å². The Bertz CT molecular complexity index is 1280. The van der Waals surface area contributed by atoms with Crippen molar-refractivity contribution < 1.29 is 0 Å². The molecule has 0 atom stereocenters. The van der Waals surface area contributed by atoms with Gasteiger partial charge in [-0.1, -0.05) is 66.7 Å². The molecule has 0 unspecified atom stereocenters. The largest absolute Gasteiger partial charge is 0.310 e. The van der Waals surface area contributed by atoms with Crippen molar-refractivity contribution in [3.05, 3.63) is 125 Å². The van der Waals surface area contributed by atoms with E-state index in [0.717, 1.165) is 23.2 Å². The van der Waals surface area contributed by atoms with Gasteiger partial charge >= 0.3 is 0 Å². The van der Waals surface area contributed by atoms with Crippen LogP contribution in [0.2, 0.25) is 0 Å². The van der Waals surface area contributed by atoms with Crippen LogP contribution in [0.1, 0.15) is 11.1 Å². The molecule has 3 nitrogen and oxygen atoms in total. The zero-order chi connectivity index (χ0) is 20.5. The van der Waals surface area contributed by atoms with E-state index in [2.05, 4.69) is 75.3 Å². The van der Waals surface area contributed by atoms with Crippen LogP contribution in [0.4, 0.5) is 28.4 Å². The quantitative estimate of drug-likeness (QED) is 0.283. The van der Waals surface area contributed by atoms with Gasteiger partial charge < -0.3 is 4.90 Å². The summed E-state index contributed by atoms with van der Waals surface area (Å²) in [4.78, 5) is 9.36. The second kappa shape index (κ2) is 7.24. The Kier molecular flexibility index (Phi) is 4.28. The first-order valence-corrected chi connectivity index (χ1v) is 9.73. The van der Waals surface area contributed by atoms with Crippen molar-refractivity contribution >= 4 is 28.4 Å². The van der Waals surface area contributed by atoms with E-state index in [4.69, 9.17) is 13.1 Å². The minimum absolute atomic E-state index is 0.484. The Morgan fingerprint density at radius 1 is 0.600 bits per heavy atom. The Hall–Kier alpha value is -4.34. The molecular formula is C27H17N3. The summed E-state index contributed by atoms with van der Waals surface area (Å²) in [5.74, 6) is 0. The van der Waals surface area contributed by atoms with E-state index in [1.807, 2.05) is 24.3 Å². The molecule has 5 rings (SSSR count). The van der Waals surface area contributed by atoms with Gasteiger partial charge in [-0.05, 0) is 46.5 Å². The van der Waals surface area contributed by atoms with Gasteiger partial charge in [0.15, 0.2) is 11.4 Å². The monoisotopic (exact) mass is 383 g/mol. The molecule has 30 heavy (non-hydrogen) atoms. The van der Waals surface area contributed by atoms with E-state index in [9.17, 15) is 0 Å². The van der Waals surface area contributed by atoms with Gasteiger partial charge in [-0.3, -0.25) is 0 Å². The van der Waals surface area contributed by atoms with E-state index in [1.165, 1.54) is 22.5 Å². The average molecular weight is 383 g/mol. The second-order valence-electron chi connectivity index (χ2n) is 7.28. The fourth-order valence-electron chi connectivity index (χ4n) is 4.09. The molecule has 0 aromatic heterocycles. The third kappa shape index (κ3) is 3.00. The molecule has 4 aromatic carbocycles. The first-order valence-electron chi connectivity index (χ1n) is 9.73. The van der Waals surface area contributed by atoms with E-state index in [1.54, 1.807) is 6.07 Å². The van der Waals surface area contributed by atoms with Crippen LogP contribution >= 0.6 is 0 Å². The molecule has 3 heteroatoms. The normalized spacial score (nSPS) is 11.7. The third-order valence-electron chi connectivity index (χ3n) is 5.44. The lowest BCUT2D eigenvalue weighted by atomic mass is 9.94. The van der Waals surface area contributed by atoms with Crippen molar-refractivity contribution in [1.82, 2.24) is 0 Å². The first-order chi connectivity index (χ1) is 14.8. The molecule has 1 heterocycles. The molecule has 4 aromatic rings. The predicted octanol–water partition coefficient (Wildman–Crippen LogP) is 7.83. The average Bonchev–Trinajstić information content (AvgIpc) is 2.82. The van der Waals surface area contributed by atoms with Crippen LogP contribution < -0.4 is 4.90 Å². The smallest absolute Gasteiger partial charge is 0.177 e. The summed E-state index contributed by atoms with van der Waals surface area (Å²) in [7, 11) is 0. The minimum atomic E-state index is 0.484. The van der Waals surface area contributed by atoms with Gasteiger partial charge in [0.2, 0.25) is 0 Å². The van der Waals surface area contributed by atoms with E-state index in [-0.39, 0.29) is 0 Å². The van der Waals surface area contributed by atoms with Crippen molar-refractivity contribution in [1.29, 1.82) is 0 Å². The van der Waals surface area contributed by atoms with Gasteiger partial charge in [0.25, 0.3) is 0 Å². The highest BCUT2D eigenvalue weighted by atomic mass is 15.2. The second-order valence-corrected chi connectivity index (χ2v) is 7.28. The highest BCUT2D eigenvalue weighted by molar-refractivity contribution is 5.86. The van der Waals surface area contributed by atoms with Crippen molar-refractivity contribution in [3.63, 3.8) is 0 Å². The maximum Gasteiger partial charge on any atom is 0.177 e. The van der Waals surface area contributed by atoms with E-state index in [0.29, 0.717) is 11.4 Å². The minimum Gasteiger partial charge on any atom is -0.310 e. The fourth-order valence-corrected chi connectivity index (χ4v) is 4.09. The molecule has 0 amide bonds. The Balaban J connectivity index is 1.68. The fraction of sp³-hybridized carbons (Fsp3) is 0.0370. The number of rotatable bonds is 2. The number of anilines is 3. The molecule has 1 aliphatic rings. The molecule has 0 saturated carbocycles. The summed E-state index contributed by atoms with van der Waals surface area (Å²) in [5.41, 5.74) is 8.87. The molecule has 140 valence electrons. The molecule has 0 N–H and O–H groups in total. The molecule has 1 aliphatic heterocycles. The summed E-state index contributed by atoms with van der Waals surface area (Å²) in [5, 5.41) is 0. The molecule has 0 fully saturated rings. The maximum atomic E-state index is 7.35. The molecule has 0 radical (unpaired) electrons. The zero-order valence-electron chi connectivity index (χ0n) is 16.2. The van der Waals surface area contributed by atoms with Crippen LogP contribution in [0.15, 0.2) is 91.0 Å². The summed E-state index contributed by atoms with van der Waals surface area (Å²) in [6.07, 6.45) is 0.921. The highest BCUT2D eigenvalue weighted by Gasteiger charge is 2.23. The lowest BCUT2D eigenvalue weighted by Gasteiger charge is -2.33.